The molecule has 9 nitrogen and oxygen atoms in total. The summed E-state index contributed by atoms with van der Waals surface area (Å²) in [6, 6.07) is 2.21. The molecule has 0 radical (unpaired) electrons. The molecular weight excluding hydrogens is 396 g/mol. The number of phenolic OH excluding ortho intramolecular Hbond substituents is 2. The Morgan fingerprint density at radius 1 is 1.23 bits per heavy atom. The molecule has 1 aliphatic carbocycles. The maximum atomic E-state index is 12.7. The van der Waals surface area contributed by atoms with Gasteiger partial charge in [-0.3, -0.25) is 4.79 Å². The molecule has 1 heterocycles. The van der Waals surface area contributed by atoms with E-state index in [9.17, 15) is 29.7 Å². The lowest BCUT2D eigenvalue weighted by molar-refractivity contribution is -0.141. The highest BCUT2D eigenvalue weighted by Crippen LogP contribution is 2.37. The van der Waals surface area contributed by atoms with E-state index in [1.807, 2.05) is 0 Å². The van der Waals surface area contributed by atoms with Gasteiger partial charge in [-0.25, -0.2) is 9.59 Å². The number of phenols is 2. The summed E-state index contributed by atoms with van der Waals surface area (Å²) in [4.78, 5) is 35.8. The summed E-state index contributed by atoms with van der Waals surface area (Å²) in [5, 5.41) is 38.9. The topological polar surface area (TPSA) is 151 Å². The molecule has 0 saturated heterocycles. The summed E-state index contributed by atoms with van der Waals surface area (Å²) in [6.07, 6.45) is 4.21. The number of benzene rings is 1. The molecule has 1 aromatic rings. The molecule has 0 spiro atoms. The minimum Gasteiger partial charge on any atom is -0.508 e. The predicted molar refractivity (Wildman–Crippen MR) is 101 cm³/mol. The molecule has 0 fully saturated rings. The number of rotatable bonds is 4. The maximum Gasteiger partial charge on any atom is 0.342 e. The average Bonchev–Trinajstić information content (AvgIpc) is 2.63. The van der Waals surface area contributed by atoms with Gasteiger partial charge in [0.05, 0.1) is 6.26 Å². The van der Waals surface area contributed by atoms with Crippen molar-refractivity contribution in [3.63, 3.8) is 0 Å². The molecule has 1 aromatic carbocycles. The molecule has 2 aliphatic rings. The Morgan fingerprint density at radius 3 is 2.57 bits per heavy atom. The Balaban J connectivity index is 1.96. The number of ketones is 1. The third-order valence-electron chi connectivity index (χ3n) is 4.65. The minimum absolute atomic E-state index is 0.124. The van der Waals surface area contributed by atoms with E-state index in [1.54, 1.807) is 0 Å². The van der Waals surface area contributed by atoms with Crippen molar-refractivity contribution < 1.29 is 44.3 Å². The molecule has 3 rings (SSSR count). The van der Waals surface area contributed by atoms with Crippen LogP contribution in [0.3, 0.4) is 0 Å². The average molecular weight is 414 g/mol. The number of aromatic hydroxyl groups is 2. The van der Waals surface area contributed by atoms with Gasteiger partial charge >= 0.3 is 11.9 Å². The molecule has 9 heteroatoms. The molecule has 0 unspecified atom stereocenters. The Bertz CT molecular complexity index is 1050. The lowest BCUT2D eigenvalue weighted by Gasteiger charge is -2.36. The number of carboxylic acid groups (broad SMARTS) is 1. The largest absolute Gasteiger partial charge is 0.508 e. The van der Waals surface area contributed by atoms with Crippen molar-refractivity contribution in [3.05, 3.63) is 70.7 Å². The van der Waals surface area contributed by atoms with Crippen molar-refractivity contribution in [1.82, 2.24) is 0 Å². The van der Waals surface area contributed by atoms with Crippen LogP contribution in [-0.4, -0.2) is 49.9 Å². The molecule has 0 aromatic heterocycles. The molecule has 0 saturated carbocycles. The van der Waals surface area contributed by atoms with Gasteiger partial charge in [0.25, 0.3) is 0 Å². The van der Waals surface area contributed by atoms with Crippen LogP contribution in [0.4, 0.5) is 0 Å². The molecule has 30 heavy (non-hydrogen) atoms. The van der Waals surface area contributed by atoms with E-state index in [-0.39, 0.29) is 33.8 Å². The van der Waals surface area contributed by atoms with Crippen LogP contribution in [0.5, 0.6) is 11.5 Å². The molecule has 0 bridgehead atoms. The second-order valence-electron chi connectivity index (χ2n) is 6.96. The number of hydrogen-bond acceptors (Lipinski definition) is 8. The number of esters is 1. The number of aryl methyl sites for hydroxylation is 1. The molecule has 0 amide bonds. The number of fused-ring (bicyclic) bond motifs is 1. The number of carboxylic acids is 1. The fourth-order valence-corrected chi connectivity index (χ4v) is 3.13. The zero-order chi connectivity index (χ0) is 22.2. The summed E-state index contributed by atoms with van der Waals surface area (Å²) in [5.74, 6) is -3.60. The first kappa shape index (κ1) is 20.9. The SMILES string of the molecule is Cc1cc(O)cc(O)c1C(=O)O[C@@H]1C2=COC(/C=C/C(=O)O)=CC2=CC(=O)[C@]1(C)O. The highest BCUT2D eigenvalue weighted by atomic mass is 16.6. The summed E-state index contributed by atoms with van der Waals surface area (Å²) in [7, 11) is 0. The summed E-state index contributed by atoms with van der Waals surface area (Å²) in [5.41, 5.74) is -1.67. The van der Waals surface area contributed by atoms with Gasteiger partial charge in [0.2, 0.25) is 0 Å². The molecule has 1 aliphatic heterocycles. The third-order valence-corrected chi connectivity index (χ3v) is 4.65. The summed E-state index contributed by atoms with van der Waals surface area (Å²) < 4.78 is 10.7. The Morgan fingerprint density at radius 2 is 1.93 bits per heavy atom. The maximum absolute atomic E-state index is 12.7. The van der Waals surface area contributed by atoms with E-state index < -0.39 is 35.2 Å². The first-order chi connectivity index (χ1) is 14.0. The van der Waals surface area contributed by atoms with Gasteiger partial charge in [-0.2, -0.15) is 0 Å². The van der Waals surface area contributed by atoms with Crippen molar-refractivity contribution in [2.45, 2.75) is 25.6 Å². The lowest BCUT2D eigenvalue weighted by atomic mass is 9.79. The standard InChI is InChI=1S/C21H18O9/c1-10-5-12(22)8-15(23)18(10)20(27)30-19-14-9-29-13(3-4-17(25)26)6-11(14)7-16(24)21(19,2)28/h3-9,19,22-23,28H,1-2H3,(H,25,26)/b4-3+/t19-,21+/m1/s1. The molecule has 4 N–H and O–H groups in total. The number of hydrogen-bond donors (Lipinski definition) is 4. The highest BCUT2D eigenvalue weighted by molar-refractivity contribution is 6.02. The Hall–Kier alpha value is -3.85. The normalized spacial score (nSPS) is 23.1. The number of carbonyl (C=O) groups is 3. The summed E-state index contributed by atoms with van der Waals surface area (Å²) in [6.45, 7) is 2.65. The number of allylic oxidation sites excluding steroid dienone is 2. The van der Waals surface area contributed by atoms with Crippen LogP contribution in [0, 0.1) is 6.92 Å². The number of aliphatic hydroxyl groups is 1. The van der Waals surface area contributed by atoms with E-state index in [1.165, 1.54) is 32.1 Å². The molecule has 156 valence electrons. The third kappa shape index (κ3) is 3.83. The number of ether oxygens (including phenoxy) is 2. The van der Waals surface area contributed by atoms with Gasteiger partial charge in [0, 0.05) is 17.7 Å². The molecule has 2 atom stereocenters. The van der Waals surface area contributed by atoms with Crippen LogP contribution in [-0.2, 0) is 19.1 Å². The Labute approximate surface area is 170 Å². The second-order valence-corrected chi connectivity index (χ2v) is 6.96. The fourth-order valence-electron chi connectivity index (χ4n) is 3.13. The molecular formula is C21H18O9. The van der Waals surface area contributed by atoms with Gasteiger partial charge in [-0.05, 0) is 49.3 Å². The summed E-state index contributed by atoms with van der Waals surface area (Å²) >= 11 is 0. The zero-order valence-electron chi connectivity index (χ0n) is 15.9. The van der Waals surface area contributed by atoms with Crippen molar-refractivity contribution in [2.24, 2.45) is 0 Å². The van der Waals surface area contributed by atoms with E-state index in [4.69, 9.17) is 14.6 Å². The van der Waals surface area contributed by atoms with E-state index in [2.05, 4.69) is 0 Å². The number of aliphatic carboxylic acids is 1. The monoisotopic (exact) mass is 414 g/mol. The van der Waals surface area contributed by atoms with Gasteiger partial charge < -0.3 is 29.9 Å². The van der Waals surface area contributed by atoms with Crippen molar-refractivity contribution in [2.75, 3.05) is 0 Å². The first-order valence-corrected chi connectivity index (χ1v) is 8.72. The quantitative estimate of drug-likeness (QED) is 0.426. The van der Waals surface area contributed by atoms with Crippen LogP contribution >= 0.6 is 0 Å². The van der Waals surface area contributed by atoms with Crippen LogP contribution < -0.4 is 0 Å². The van der Waals surface area contributed by atoms with Crippen molar-refractivity contribution in [3.8, 4) is 11.5 Å². The minimum atomic E-state index is -2.11. The van der Waals surface area contributed by atoms with E-state index in [0.717, 1.165) is 24.5 Å². The fraction of sp³-hybridized carbons (Fsp3) is 0.190. The van der Waals surface area contributed by atoms with Crippen LogP contribution in [0.1, 0.15) is 22.8 Å². The second kappa shape index (κ2) is 7.53. The smallest absolute Gasteiger partial charge is 0.342 e. The van der Waals surface area contributed by atoms with Crippen LogP contribution in [0.2, 0.25) is 0 Å². The van der Waals surface area contributed by atoms with E-state index in [0.29, 0.717) is 0 Å². The van der Waals surface area contributed by atoms with E-state index >= 15 is 0 Å². The van der Waals surface area contributed by atoms with Crippen molar-refractivity contribution in [1.29, 1.82) is 0 Å². The van der Waals surface area contributed by atoms with Crippen molar-refractivity contribution >= 4 is 17.7 Å². The number of carbonyl (C=O) groups excluding carboxylic acids is 2. The van der Waals surface area contributed by atoms with Crippen LogP contribution in [0.15, 0.2) is 59.6 Å². The predicted octanol–water partition coefficient (Wildman–Crippen LogP) is 1.63. The zero-order valence-corrected chi connectivity index (χ0v) is 15.9. The van der Waals surface area contributed by atoms with Gasteiger partial charge in [-0.1, -0.05) is 0 Å². The van der Waals surface area contributed by atoms with Gasteiger partial charge in [0.15, 0.2) is 17.5 Å². The van der Waals surface area contributed by atoms with Gasteiger partial charge in [0.1, 0.15) is 22.8 Å². The van der Waals surface area contributed by atoms with Gasteiger partial charge in [-0.15, -0.1) is 0 Å². The lowest BCUT2D eigenvalue weighted by Crippen LogP contribution is -2.52. The Kier molecular flexibility index (Phi) is 5.24. The first-order valence-electron chi connectivity index (χ1n) is 8.72. The van der Waals surface area contributed by atoms with Crippen LogP contribution in [0.25, 0.3) is 0 Å². The highest BCUT2D eigenvalue weighted by Gasteiger charge is 2.48.